The van der Waals surface area contributed by atoms with Crippen molar-refractivity contribution in [3.8, 4) is 5.75 Å². The molecule has 0 saturated carbocycles. The number of carbonyl (C=O) groups is 3. The van der Waals surface area contributed by atoms with Gasteiger partial charge in [-0.2, -0.15) is 0 Å². The van der Waals surface area contributed by atoms with Crippen LogP contribution >= 0.6 is 11.8 Å². The maximum atomic E-state index is 13.3. The van der Waals surface area contributed by atoms with Crippen LogP contribution < -0.4 is 14.5 Å². The number of hydrogen-bond donors (Lipinski definition) is 0. The molecule has 33 heavy (non-hydrogen) atoms. The number of ether oxygens (including phenoxy) is 2. The van der Waals surface area contributed by atoms with E-state index in [2.05, 4.69) is 0 Å². The molecule has 1 atom stereocenters. The standard InChI is InChI=1S/C24H25N3O5S/c28-22(9-10-26-18-6-2-4-8-21(18)33-16-23(26)29)27-15-20(24(30)25-11-13-31-14-12-25)32-19-7-3-1-5-17(19)27/h1-8,20H,9-16H2/t20-/m0/s1. The average Bonchev–Trinajstić information content (AvgIpc) is 2.87. The molecular weight excluding hydrogens is 442 g/mol. The summed E-state index contributed by atoms with van der Waals surface area (Å²) in [4.78, 5) is 45.1. The maximum Gasteiger partial charge on any atom is 0.265 e. The van der Waals surface area contributed by atoms with Gasteiger partial charge in [-0.05, 0) is 24.3 Å². The van der Waals surface area contributed by atoms with Gasteiger partial charge in [0.2, 0.25) is 11.8 Å². The van der Waals surface area contributed by atoms with Gasteiger partial charge in [-0.1, -0.05) is 24.3 Å². The molecule has 1 fully saturated rings. The van der Waals surface area contributed by atoms with E-state index in [1.54, 1.807) is 20.8 Å². The highest BCUT2D eigenvalue weighted by atomic mass is 32.2. The zero-order valence-corrected chi connectivity index (χ0v) is 19.0. The largest absolute Gasteiger partial charge is 0.476 e. The Hall–Kier alpha value is -3.04. The Bertz CT molecular complexity index is 1070. The van der Waals surface area contributed by atoms with Crippen LogP contribution in [0.4, 0.5) is 11.4 Å². The molecule has 3 heterocycles. The number of benzene rings is 2. The molecule has 2 aromatic rings. The molecule has 5 rings (SSSR count). The third-order valence-corrected chi connectivity index (χ3v) is 7.08. The molecule has 8 nitrogen and oxygen atoms in total. The summed E-state index contributed by atoms with van der Waals surface area (Å²) in [5, 5.41) is 0. The molecule has 3 amide bonds. The second-order valence-electron chi connectivity index (χ2n) is 8.07. The van der Waals surface area contributed by atoms with Crippen LogP contribution in [0.5, 0.6) is 5.75 Å². The van der Waals surface area contributed by atoms with Crippen molar-refractivity contribution in [2.24, 2.45) is 0 Å². The summed E-state index contributed by atoms with van der Waals surface area (Å²) in [5.41, 5.74) is 1.49. The molecule has 0 aliphatic carbocycles. The monoisotopic (exact) mass is 467 g/mol. The molecule has 172 valence electrons. The number of morpholine rings is 1. The molecule has 0 unspecified atom stereocenters. The lowest BCUT2D eigenvalue weighted by atomic mass is 10.1. The van der Waals surface area contributed by atoms with Crippen LogP contribution in [-0.4, -0.2) is 73.9 Å². The Balaban J connectivity index is 1.32. The minimum Gasteiger partial charge on any atom is -0.476 e. The Morgan fingerprint density at radius 2 is 1.73 bits per heavy atom. The molecule has 9 heteroatoms. The summed E-state index contributed by atoms with van der Waals surface area (Å²) in [7, 11) is 0. The summed E-state index contributed by atoms with van der Waals surface area (Å²) in [6, 6.07) is 15.0. The molecule has 0 aromatic heterocycles. The van der Waals surface area contributed by atoms with E-state index in [1.807, 2.05) is 42.5 Å². The SMILES string of the molecule is O=C([C@@H]1CN(C(=O)CCN2C(=O)CSc3ccccc32)c2ccccc2O1)N1CCOCC1. The summed E-state index contributed by atoms with van der Waals surface area (Å²) in [5.74, 6) is 0.590. The van der Waals surface area contributed by atoms with E-state index in [0.29, 0.717) is 43.5 Å². The molecule has 0 spiro atoms. The van der Waals surface area contributed by atoms with E-state index in [4.69, 9.17) is 9.47 Å². The van der Waals surface area contributed by atoms with Crippen LogP contribution in [0.15, 0.2) is 53.4 Å². The van der Waals surface area contributed by atoms with Crippen molar-refractivity contribution in [2.75, 3.05) is 54.9 Å². The van der Waals surface area contributed by atoms with Gasteiger partial charge in [-0.25, -0.2) is 0 Å². The summed E-state index contributed by atoms with van der Waals surface area (Å²) in [6.07, 6.45) is -0.618. The number of nitrogens with zero attached hydrogens (tertiary/aromatic N) is 3. The lowest BCUT2D eigenvalue weighted by Gasteiger charge is -2.37. The molecule has 3 aliphatic rings. The van der Waals surface area contributed by atoms with Gasteiger partial charge in [0.25, 0.3) is 5.91 Å². The number of thioether (sulfide) groups is 1. The van der Waals surface area contributed by atoms with Crippen molar-refractivity contribution in [3.05, 3.63) is 48.5 Å². The normalized spacial score (nSPS) is 20.1. The third-order valence-electron chi connectivity index (χ3n) is 6.03. The van der Waals surface area contributed by atoms with E-state index >= 15 is 0 Å². The Morgan fingerprint density at radius 1 is 1.00 bits per heavy atom. The molecular formula is C24H25N3O5S. The van der Waals surface area contributed by atoms with Gasteiger partial charge < -0.3 is 24.2 Å². The van der Waals surface area contributed by atoms with Crippen molar-refractivity contribution >= 4 is 40.9 Å². The lowest BCUT2D eigenvalue weighted by Crippen LogP contribution is -2.54. The van der Waals surface area contributed by atoms with Crippen LogP contribution in [0.2, 0.25) is 0 Å². The lowest BCUT2D eigenvalue weighted by molar-refractivity contribution is -0.142. The first kappa shape index (κ1) is 21.8. The minimum atomic E-state index is -0.768. The Kier molecular flexibility index (Phi) is 6.24. The number of fused-ring (bicyclic) bond motifs is 2. The Labute approximate surface area is 196 Å². The fourth-order valence-electron chi connectivity index (χ4n) is 4.33. The highest BCUT2D eigenvalue weighted by Gasteiger charge is 2.36. The van der Waals surface area contributed by atoms with Gasteiger partial charge in [0.05, 0.1) is 36.9 Å². The summed E-state index contributed by atoms with van der Waals surface area (Å²) in [6.45, 7) is 2.47. The highest BCUT2D eigenvalue weighted by molar-refractivity contribution is 8.00. The summed E-state index contributed by atoms with van der Waals surface area (Å²) < 4.78 is 11.3. The first-order valence-corrected chi connectivity index (χ1v) is 12.0. The van der Waals surface area contributed by atoms with E-state index < -0.39 is 6.10 Å². The van der Waals surface area contributed by atoms with Crippen molar-refractivity contribution < 1.29 is 23.9 Å². The van der Waals surface area contributed by atoms with Crippen LogP contribution in [-0.2, 0) is 19.1 Å². The number of rotatable bonds is 4. The molecule has 1 saturated heterocycles. The van der Waals surface area contributed by atoms with E-state index in [-0.39, 0.29) is 37.2 Å². The maximum absolute atomic E-state index is 13.3. The molecule has 0 radical (unpaired) electrons. The van der Waals surface area contributed by atoms with Gasteiger partial charge in [0.15, 0.2) is 6.10 Å². The fourth-order valence-corrected chi connectivity index (χ4v) is 5.26. The van der Waals surface area contributed by atoms with Crippen molar-refractivity contribution in [3.63, 3.8) is 0 Å². The van der Waals surface area contributed by atoms with E-state index in [0.717, 1.165) is 10.6 Å². The first-order valence-electron chi connectivity index (χ1n) is 11.1. The van der Waals surface area contributed by atoms with Crippen LogP contribution in [0.25, 0.3) is 0 Å². The average molecular weight is 468 g/mol. The molecule has 0 bridgehead atoms. The predicted octanol–water partition coefficient (Wildman–Crippen LogP) is 2.17. The van der Waals surface area contributed by atoms with Crippen molar-refractivity contribution in [2.45, 2.75) is 17.4 Å². The van der Waals surface area contributed by atoms with Gasteiger partial charge in [-0.3, -0.25) is 14.4 Å². The van der Waals surface area contributed by atoms with Gasteiger partial charge in [0, 0.05) is 31.0 Å². The molecule has 3 aliphatic heterocycles. The zero-order valence-electron chi connectivity index (χ0n) is 18.1. The fraction of sp³-hybridized carbons (Fsp3) is 0.375. The third kappa shape index (κ3) is 4.43. The van der Waals surface area contributed by atoms with E-state index in [9.17, 15) is 14.4 Å². The van der Waals surface area contributed by atoms with Gasteiger partial charge >= 0.3 is 0 Å². The van der Waals surface area contributed by atoms with Crippen molar-refractivity contribution in [1.29, 1.82) is 0 Å². The smallest absolute Gasteiger partial charge is 0.265 e. The molecule has 2 aromatic carbocycles. The van der Waals surface area contributed by atoms with Gasteiger partial charge in [0.1, 0.15) is 5.75 Å². The number of para-hydroxylation sites is 3. The minimum absolute atomic E-state index is 0.00532. The second-order valence-corrected chi connectivity index (χ2v) is 9.09. The molecule has 0 N–H and O–H groups in total. The van der Waals surface area contributed by atoms with Crippen LogP contribution in [0, 0.1) is 0 Å². The second kappa shape index (κ2) is 9.44. The highest BCUT2D eigenvalue weighted by Crippen LogP contribution is 2.36. The predicted molar refractivity (Wildman–Crippen MR) is 125 cm³/mol. The quantitative estimate of drug-likeness (QED) is 0.686. The topological polar surface area (TPSA) is 79.4 Å². The van der Waals surface area contributed by atoms with Crippen LogP contribution in [0.3, 0.4) is 0 Å². The van der Waals surface area contributed by atoms with Crippen LogP contribution in [0.1, 0.15) is 6.42 Å². The Morgan fingerprint density at radius 3 is 2.55 bits per heavy atom. The zero-order chi connectivity index (χ0) is 22.8. The number of amides is 3. The summed E-state index contributed by atoms with van der Waals surface area (Å²) >= 11 is 1.52. The number of carbonyl (C=O) groups excluding carboxylic acids is 3. The van der Waals surface area contributed by atoms with Gasteiger partial charge in [-0.15, -0.1) is 11.8 Å². The van der Waals surface area contributed by atoms with E-state index in [1.165, 1.54) is 11.8 Å². The first-order chi connectivity index (χ1) is 16.1. The number of anilines is 2. The van der Waals surface area contributed by atoms with Crippen molar-refractivity contribution in [1.82, 2.24) is 4.90 Å². The number of hydrogen-bond acceptors (Lipinski definition) is 6.